The first-order valence-electron chi connectivity index (χ1n) is 10.8. The van der Waals surface area contributed by atoms with Gasteiger partial charge < -0.3 is 15.3 Å². The molecule has 31 heavy (non-hydrogen) atoms. The van der Waals surface area contributed by atoms with E-state index in [0.29, 0.717) is 18.6 Å². The van der Waals surface area contributed by atoms with Gasteiger partial charge in [-0.3, -0.25) is 0 Å². The molecule has 3 nitrogen and oxygen atoms in total. The number of phenols is 3. The van der Waals surface area contributed by atoms with Gasteiger partial charge in [-0.2, -0.15) is 0 Å². The Morgan fingerprint density at radius 3 is 1.42 bits per heavy atom. The van der Waals surface area contributed by atoms with Gasteiger partial charge in [-0.05, 0) is 66.5 Å². The molecule has 3 aromatic carbocycles. The summed E-state index contributed by atoms with van der Waals surface area (Å²) in [5.74, 6) is 0.800. The SMILES string of the molecule is Cc1cc(C)c(O)c(Cc2cc(C)cc(Cc3cc(C)cc(C(C)(C)C)c3O)c2O)c1. The van der Waals surface area contributed by atoms with E-state index in [4.69, 9.17) is 0 Å². The number of hydrogen-bond donors (Lipinski definition) is 3. The summed E-state index contributed by atoms with van der Waals surface area (Å²) in [5, 5.41) is 32.6. The molecule has 0 aliphatic rings. The van der Waals surface area contributed by atoms with E-state index < -0.39 is 0 Å². The maximum atomic E-state index is 11.1. The van der Waals surface area contributed by atoms with E-state index in [1.54, 1.807) is 0 Å². The Morgan fingerprint density at radius 2 is 0.935 bits per heavy atom. The molecule has 3 aromatic rings. The van der Waals surface area contributed by atoms with Crippen molar-refractivity contribution in [2.24, 2.45) is 0 Å². The number of benzene rings is 3. The second-order valence-corrected chi connectivity index (χ2v) is 9.95. The van der Waals surface area contributed by atoms with E-state index in [-0.39, 0.29) is 16.9 Å². The van der Waals surface area contributed by atoms with Crippen LogP contribution in [-0.2, 0) is 18.3 Å². The zero-order valence-electron chi connectivity index (χ0n) is 19.7. The first-order chi connectivity index (χ1) is 14.4. The third-order valence-electron chi connectivity index (χ3n) is 5.84. The van der Waals surface area contributed by atoms with Crippen LogP contribution in [0.1, 0.15) is 70.8 Å². The molecule has 0 atom stereocenters. The van der Waals surface area contributed by atoms with E-state index in [0.717, 1.165) is 50.1 Å². The summed E-state index contributed by atoms with van der Waals surface area (Å²) in [7, 11) is 0. The van der Waals surface area contributed by atoms with Crippen LogP contribution in [0.2, 0.25) is 0 Å². The zero-order chi connectivity index (χ0) is 23.1. The van der Waals surface area contributed by atoms with Gasteiger partial charge in [-0.25, -0.2) is 0 Å². The summed E-state index contributed by atoms with van der Waals surface area (Å²) < 4.78 is 0. The molecule has 0 unspecified atom stereocenters. The highest BCUT2D eigenvalue weighted by Crippen LogP contribution is 2.38. The highest BCUT2D eigenvalue weighted by Gasteiger charge is 2.22. The van der Waals surface area contributed by atoms with Crippen molar-refractivity contribution in [1.29, 1.82) is 0 Å². The lowest BCUT2D eigenvalue weighted by atomic mass is 9.83. The van der Waals surface area contributed by atoms with Crippen LogP contribution in [-0.4, -0.2) is 15.3 Å². The Balaban J connectivity index is 2.04. The Kier molecular flexibility index (Phi) is 6.09. The summed E-state index contributed by atoms with van der Waals surface area (Å²) >= 11 is 0. The highest BCUT2D eigenvalue weighted by molar-refractivity contribution is 5.54. The summed E-state index contributed by atoms with van der Waals surface area (Å²) in [6.45, 7) is 14.2. The topological polar surface area (TPSA) is 60.7 Å². The monoisotopic (exact) mass is 418 g/mol. The molecule has 0 spiro atoms. The quantitative estimate of drug-likeness (QED) is 0.452. The van der Waals surface area contributed by atoms with Crippen LogP contribution < -0.4 is 0 Å². The van der Waals surface area contributed by atoms with Crippen molar-refractivity contribution >= 4 is 0 Å². The summed E-state index contributed by atoms with van der Waals surface area (Å²) in [4.78, 5) is 0. The first kappa shape index (κ1) is 22.7. The lowest BCUT2D eigenvalue weighted by Gasteiger charge is -2.23. The Bertz CT molecular complexity index is 1130. The molecular weight excluding hydrogens is 384 g/mol. The Hall–Kier alpha value is -2.94. The largest absolute Gasteiger partial charge is 0.507 e. The molecule has 0 fully saturated rings. The summed E-state index contributed by atoms with van der Waals surface area (Å²) in [6.07, 6.45) is 0.887. The van der Waals surface area contributed by atoms with Crippen LogP contribution in [0, 0.1) is 27.7 Å². The van der Waals surface area contributed by atoms with E-state index >= 15 is 0 Å². The smallest absolute Gasteiger partial charge is 0.122 e. The van der Waals surface area contributed by atoms with E-state index in [1.165, 1.54) is 0 Å². The highest BCUT2D eigenvalue weighted by atomic mass is 16.3. The minimum absolute atomic E-state index is 0.175. The summed E-state index contributed by atoms with van der Waals surface area (Å²) in [6, 6.07) is 11.9. The van der Waals surface area contributed by atoms with Gasteiger partial charge >= 0.3 is 0 Å². The second kappa shape index (κ2) is 8.30. The van der Waals surface area contributed by atoms with Crippen molar-refractivity contribution in [3.05, 3.63) is 86.5 Å². The van der Waals surface area contributed by atoms with Gasteiger partial charge in [-0.1, -0.05) is 73.9 Å². The van der Waals surface area contributed by atoms with E-state index in [1.807, 2.05) is 64.1 Å². The molecule has 3 N–H and O–H groups in total. The molecule has 0 heterocycles. The summed E-state index contributed by atoms with van der Waals surface area (Å²) in [5.41, 5.74) is 7.95. The van der Waals surface area contributed by atoms with Crippen molar-refractivity contribution in [2.75, 3.05) is 0 Å². The predicted molar refractivity (Wildman–Crippen MR) is 128 cm³/mol. The minimum Gasteiger partial charge on any atom is -0.507 e. The average Bonchev–Trinajstić information content (AvgIpc) is 2.64. The number of aryl methyl sites for hydroxylation is 4. The normalized spacial score (nSPS) is 11.7. The molecule has 0 aromatic heterocycles. The molecular formula is C28H34O3. The molecule has 0 aliphatic heterocycles. The number of phenolic OH excluding ortho intramolecular Hbond substituents is 3. The molecule has 0 bridgehead atoms. The standard InChI is InChI=1S/C28H34O3/c1-16-8-19(4)25(29)20(9-16)14-21-10-17(2)11-22(26(21)30)15-23-12-18(3)13-24(27(23)31)28(5,6)7/h8-13,29-31H,14-15H2,1-7H3. The third kappa shape index (κ3) is 4.87. The molecule has 0 saturated carbocycles. The molecule has 0 amide bonds. The van der Waals surface area contributed by atoms with Crippen LogP contribution in [0.3, 0.4) is 0 Å². The van der Waals surface area contributed by atoms with Crippen LogP contribution >= 0.6 is 0 Å². The number of hydrogen-bond acceptors (Lipinski definition) is 3. The first-order valence-corrected chi connectivity index (χ1v) is 10.8. The van der Waals surface area contributed by atoms with Gasteiger partial charge in [0.2, 0.25) is 0 Å². The van der Waals surface area contributed by atoms with Gasteiger partial charge in [0.05, 0.1) is 0 Å². The maximum absolute atomic E-state index is 11.1. The lowest BCUT2D eigenvalue weighted by Crippen LogP contribution is -2.12. The second-order valence-electron chi connectivity index (χ2n) is 9.95. The van der Waals surface area contributed by atoms with Crippen LogP contribution in [0.15, 0.2) is 36.4 Å². The molecule has 3 heteroatoms. The zero-order valence-corrected chi connectivity index (χ0v) is 19.7. The third-order valence-corrected chi connectivity index (χ3v) is 5.84. The van der Waals surface area contributed by atoms with Gasteiger partial charge in [0.15, 0.2) is 0 Å². The fourth-order valence-corrected chi connectivity index (χ4v) is 4.36. The Morgan fingerprint density at radius 1 is 0.548 bits per heavy atom. The fourth-order valence-electron chi connectivity index (χ4n) is 4.36. The predicted octanol–water partition coefficient (Wildman–Crippen LogP) is 6.52. The lowest BCUT2D eigenvalue weighted by molar-refractivity contribution is 0.439. The van der Waals surface area contributed by atoms with Crippen molar-refractivity contribution in [3.63, 3.8) is 0 Å². The van der Waals surface area contributed by atoms with E-state index in [2.05, 4.69) is 20.8 Å². The van der Waals surface area contributed by atoms with Crippen molar-refractivity contribution in [3.8, 4) is 17.2 Å². The van der Waals surface area contributed by atoms with E-state index in [9.17, 15) is 15.3 Å². The van der Waals surface area contributed by atoms with Crippen molar-refractivity contribution in [2.45, 2.75) is 66.7 Å². The van der Waals surface area contributed by atoms with Gasteiger partial charge in [0, 0.05) is 12.8 Å². The molecule has 0 aliphatic carbocycles. The average molecular weight is 419 g/mol. The van der Waals surface area contributed by atoms with Gasteiger partial charge in [-0.15, -0.1) is 0 Å². The van der Waals surface area contributed by atoms with Gasteiger partial charge in [0.25, 0.3) is 0 Å². The molecule has 0 saturated heterocycles. The van der Waals surface area contributed by atoms with Gasteiger partial charge in [0.1, 0.15) is 17.2 Å². The van der Waals surface area contributed by atoms with Crippen molar-refractivity contribution in [1.82, 2.24) is 0 Å². The molecule has 3 rings (SSSR count). The number of aromatic hydroxyl groups is 3. The minimum atomic E-state index is -0.175. The number of rotatable bonds is 4. The van der Waals surface area contributed by atoms with Crippen LogP contribution in [0.4, 0.5) is 0 Å². The molecule has 164 valence electrons. The van der Waals surface area contributed by atoms with Crippen LogP contribution in [0.5, 0.6) is 17.2 Å². The van der Waals surface area contributed by atoms with Crippen molar-refractivity contribution < 1.29 is 15.3 Å². The molecule has 0 radical (unpaired) electrons. The maximum Gasteiger partial charge on any atom is 0.122 e. The van der Waals surface area contributed by atoms with Crippen LogP contribution in [0.25, 0.3) is 0 Å². The fraction of sp³-hybridized carbons (Fsp3) is 0.357. The Labute approximate surface area is 186 Å².